The van der Waals surface area contributed by atoms with E-state index in [1.54, 1.807) is 0 Å². The highest BCUT2D eigenvalue weighted by Crippen LogP contribution is 2.28. The van der Waals surface area contributed by atoms with Crippen LogP contribution in [0.4, 0.5) is 15.8 Å². The van der Waals surface area contributed by atoms with Crippen LogP contribution in [-0.4, -0.2) is 13.6 Å². The highest BCUT2D eigenvalue weighted by molar-refractivity contribution is 6.31. The minimum atomic E-state index is -0.439. The Morgan fingerprint density at radius 2 is 1.90 bits per heavy atom. The van der Waals surface area contributed by atoms with Crippen LogP contribution in [0.5, 0.6) is 0 Å². The second-order valence-electron chi connectivity index (χ2n) is 4.84. The predicted molar refractivity (Wildman–Crippen MR) is 83.9 cm³/mol. The molecule has 4 heteroatoms. The van der Waals surface area contributed by atoms with Gasteiger partial charge in [0.15, 0.2) is 0 Å². The van der Waals surface area contributed by atoms with E-state index >= 15 is 0 Å². The van der Waals surface area contributed by atoms with E-state index in [1.165, 1.54) is 17.7 Å². The van der Waals surface area contributed by atoms with Crippen LogP contribution in [0, 0.1) is 5.82 Å². The molecule has 0 fully saturated rings. The fraction of sp³-hybridized carbons (Fsp3) is 0.250. The van der Waals surface area contributed by atoms with Crippen LogP contribution in [0.15, 0.2) is 42.5 Å². The van der Waals surface area contributed by atoms with Crippen molar-refractivity contribution in [2.45, 2.75) is 12.8 Å². The molecule has 0 amide bonds. The van der Waals surface area contributed by atoms with Crippen LogP contribution in [0.2, 0.25) is 5.02 Å². The summed E-state index contributed by atoms with van der Waals surface area (Å²) in [7, 11) is 1.91. The lowest BCUT2D eigenvalue weighted by Gasteiger charge is -2.21. The molecule has 106 valence electrons. The molecule has 0 aliphatic carbocycles. The van der Waals surface area contributed by atoms with Crippen LogP contribution in [0.25, 0.3) is 0 Å². The van der Waals surface area contributed by atoms with Crippen molar-refractivity contribution >= 4 is 23.0 Å². The summed E-state index contributed by atoms with van der Waals surface area (Å²) in [6.45, 7) is 0.806. The minimum absolute atomic E-state index is 0.0592. The first-order chi connectivity index (χ1) is 9.58. The first-order valence-electron chi connectivity index (χ1n) is 6.57. The van der Waals surface area contributed by atoms with Crippen molar-refractivity contribution in [3.8, 4) is 0 Å². The zero-order valence-corrected chi connectivity index (χ0v) is 12.2. The largest absolute Gasteiger partial charge is 0.397 e. The average molecular weight is 293 g/mol. The van der Waals surface area contributed by atoms with E-state index in [0.717, 1.165) is 19.4 Å². The highest BCUT2D eigenvalue weighted by atomic mass is 35.5. The van der Waals surface area contributed by atoms with E-state index in [-0.39, 0.29) is 5.02 Å². The molecule has 0 aromatic heterocycles. The number of benzene rings is 2. The second-order valence-corrected chi connectivity index (χ2v) is 5.24. The molecule has 20 heavy (non-hydrogen) atoms. The number of nitrogen functional groups attached to an aromatic ring is 1. The molecule has 0 saturated heterocycles. The Morgan fingerprint density at radius 1 is 1.20 bits per heavy atom. The molecule has 0 unspecified atom stereocenters. The van der Waals surface area contributed by atoms with Gasteiger partial charge in [-0.25, -0.2) is 4.39 Å². The lowest BCUT2D eigenvalue weighted by atomic mass is 10.1. The molecule has 0 saturated carbocycles. The van der Waals surface area contributed by atoms with Crippen LogP contribution < -0.4 is 10.6 Å². The molecule has 0 heterocycles. The number of nitrogens with zero attached hydrogens (tertiary/aromatic N) is 1. The van der Waals surface area contributed by atoms with Crippen LogP contribution in [0.1, 0.15) is 12.0 Å². The van der Waals surface area contributed by atoms with E-state index in [0.29, 0.717) is 11.4 Å². The number of rotatable bonds is 5. The van der Waals surface area contributed by atoms with Crippen LogP contribution >= 0.6 is 11.6 Å². The maximum Gasteiger partial charge on any atom is 0.144 e. The van der Waals surface area contributed by atoms with Gasteiger partial charge in [0.2, 0.25) is 0 Å². The van der Waals surface area contributed by atoms with Crippen LogP contribution in [0.3, 0.4) is 0 Å². The lowest BCUT2D eigenvalue weighted by molar-refractivity contribution is 0.627. The Kier molecular flexibility index (Phi) is 4.85. The molecule has 2 nitrogen and oxygen atoms in total. The Bertz CT molecular complexity index is 572. The predicted octanol–water partition coefficient (Wildman–Crippen LogP) is 4.13. The van der Waals surface area contributed by atoms with E-state index in [9.17, 15) is 4.39 Å². The van der Waals surface area contributed by atoms with Crippen molar-refractivity contribution in [3.63, 3.8) is 0 Å². The van der Waals surface area contributed by atoms with Crippen molar-refractivity contribution in [3.05, 3.63) is 58.9 Å². The fourth-order valence-corrected chi connectivity index (χ4v) is 2.34. The maximum atomic E-state index is 13.5. The lowest BCUT2D eigenvalue weighted by Crippen LogP contribution is -2.20. The molecular formula is C16H18ClFN2. The molecule has 0 bridgehead atoms. The van der Waals surface area contributed by atoms with Crippen molar-refractivity contribution in [2.24, 2.45) is 0 Å². The zero-order valence-electron chi connectivity index (χ0n) is 11.4. The summed E-state index contributed by atoms with van der Waals surface area (Å²) in [6.07, 6.45) is 1.96. The molecule has 0 spiro atoms. The third kappa shape index (κ3) is 3.64. The number of aryl methyl sites for hydroxylation is 1. The van der Waals surface area contributed by atoms with Gasteiger partial charge in [0.1, 0.15) is 5.82 Å². The van der Waals surface area contributed by atoms with Crippen molar-refractivity contribution < 1.29 is 4.39 Å². The van der Waals surface area contributed by atoms with E-state index in [2.05, 4.69) is 12.1 Å². The highest BCUT2D eigenvalue weighted by Gasteiger charge is 2.10. The molecule has 2 aromatic carbocycles. The van der Waals surface area contributed by atoms with Gasteiger partial charge in [0.25, 0.3) is 0 Å². The van der Waals surface area contributed by atoms with Gasteiger partial charge in [-0.1, -0.05) is 41.9 Å². The van der Waals surface area contributed by atoms with Crippen molar-refractivity contribution in [1.29, 1.82) is 0 Å². The van der Waals surface area contributed by atoms with Gasteiger partial charge in [-0.05, 0) is 24.5 Å². The Balaban J connectivity index is 1.95. The molecule has 0 radical (unpaired) electrons. The number of hydrogen-bond donors (Lipinski definition) is 1. The number of anilines is 2. The summed E-state index contributed by atoms with van der Waals surface area (Å²) in [5.41, 5.74) is 8.36. The van der Waals surface area contributed by atoms with Gasteiger partial charge >= 0.3 is 0 Å². The van der Waals surface area contributed by atoms with E-state index in [4.69, 9.17) is 17.3 Å². The first-order valence-corrected chi connectivity index (χ1v) is 6.95. The number of nitrogens with two attached hydrogens (primary N) is 1. The fourth-order valence-electron chi connectivity index (χ4n) is 2.17. The van der Waals surface area contributed by atoms with Gasteiger partial charge in [-0.15, -0.1) is 0 Å². The van der Waals surface area contributed by atoms with Crippen LogP contribution in [-0.2, 0) is 6.42 Å². The summed E-state index contributed by atoms with van der Waals surface area (Å²) in [5, 5.41) is 0.0592. The summed E-state index contributed by atoms with van der Waals surface area (Å²) < 4.78 is 13.5. The number of hydrogen-bond acceptors (Lipinski definition) is 2. The van der Waals surface area contributed by atoms with Crippen molar-refractivity contribution in [2.75, 3.05) is 24.2 Å². The van der Waals surface area contributed by atoms with E-state index in [1.807, 2.05) is 30.1 Å². The quantitative estimate of drug-likeness (QED) is 0.840. The monoisotopic (exact) mass is 292 g/mol. The zero-order chi connectivity index (χ0) is 14.5. The SMILES string of the molecule is CN(CCCc1ccccc1)c1cc(F)c(Cl)cc1N. The molecule has 2 rings (SSSR count). The summed E-state index contributed by atoms with van der Waals surface area (Å²) in [4.78, 5) is 1.96. The van der Waals surface area contributed by atoms with Gasteiger partial charge in [0, 0.05) is 19.7 Å². The summed E-state index contributed by atoms with van der Waals surface area (Å²) in [6, 6.07) is 13.1. The third-order valence-electron chi connectivity index (χ3n) is 3.28. The second kappa shape index (κ2) is 6.62. The summed E-state index contributed by atoms with van der Waals surface area (Å²) >= 11 is 5.70. The minimum Gasteiger partial charge on any atom is -0.397 e. The number of halogens is 2. The Morgan fingerprint density at radius 3 is 2.60 bits per heavy atom. The van der Waals surface area contributed by atoms with Gasteiger partial charge in [-0.3, -0.25) is 0 Å². The maximum absolute atomic E-state index is 13.5. The van der Waals surface area contributed by atoms with Gasteiger partial charge < -0.3 is 10.6 Å². The summed E-state index contributed by atoms with van der Waals surface area (Å²) in [5.74, 6) is -0.439. The molecular weight excluding hydrogens is 275 g/mol. The Labute approximate surface area is 124 Å². The Hall–Kier alpha value is -1.74. The molecule has 2 aromatic rings. The average Bonchev–Trinajstić information content (AvgIpc) is 2.44. The third-order valence-corrected chi connectivity index (χ3v) is 3.57. The molecule has 0 atom stereocenters. The smallest absolute Gasteiger partial charge is 0.144 e. The van der Waals surface area contributed by atoms with Crippen molar-refractivity contribution in [1.82, 2.24) is 0 Å². The van der Waals surface area contributed by atoms with Gasteiger partial charge in [-0.2, -0.15) is 0 Å². The molecule has 0 aliphatic rings. The first kappa shape index (κ1) is 14.7. The van der Waals surface area contributed by atoms with Gasteiger partial charge in [0.05, 0.1) is 16.4 Å². The molecule has 2 N–H and O–H groups in total. The molecule has 0 aliphatic heterocycles. The van der Waals surface area contributed by atoms with E-state index < -0.39 is 5.82 Å². The normalized spacial score (nSPS) is 10.6. The topological polar surface area (TPSA) is 29.3 Å². The standard InChI is InChI=1S/C16H18ClFN2/c1-20(9-5-8-12-6-3-2-4-7-12)16-11-14(18)13(17)10-15(16)19/h2-4,6-7,10-11H,5,8-9,19H2,1H3.